The summed E-state index contributed by atoms with van der Waals surface area (Å²) in [4.78, 5) is 24.2. The van der Waals surface area contributed by atoms with Crippen LogP contribution in [0.4, 0.5) is 18.9 Å². The van der Waals surface area contributed by atoms with Crippen LogP contribution in [0.15, 0.2) is 18.2 Å². The quantitative estimate of drug-likeness (QED) is 0.636. The maximum atomic E-state index is 12.5. The van der Waals surface area contributed by atoms with Crippen LogP contribution in [-0.4, -0.2) is 47.6 Å². The molecule has 0 aliphatic carbocycles. The Morgan fingerprint density at radius 1 is 1.36 bits per heavy atom. The van der Waals surface area contributed by atoms with E-state index in [1.54, 1.807) is 0 Å². The summed E-state index contributed by atoms with van der Waals surface area (Å²) < 4.78 is 41.2. The van der Waals surface area contributed by atoms with E-state index >= 15 is 0 Å². The number of nitro benzene ring substituents is 1. The molecule has 1 aliphatic rings. The van der Waals surface area contributed by atoms with E-state index < -0.39 is 29.3 Å². The minimum absolute atomic E-state index is 0. The zero-order chi connectivity index (χ0) is 17.9. The molecule has 0 spiro atoms. The number of likely N-dealkylation sites (tertiary alicyclic amines) is 1. The van der Waals surface area contributed by atoms with Crippen LogP contribution in [0.5, 0.6) is 5.75 Å². The molecule has 1 aliphatic heterocycles. The van der Waals surface area contributed by atoms with Gasteiger partial charge in [0.1, 0.15) is 11.3 Å². The third kappa shape index (κ3) is 5.75. The van der Waals surface area contributed by atoms with Crippen LogP contribution in [-0.2, 0) is 0 Å². The minimum Gasteiger partial charge on any atom is -0.484 e. The topological polar surface area (TPSA) is 98.7 Å². The van der Waals surface area contributed by atoms with Gasteiger partial charge in [-0.2, -0.15) is 13.2 Å². The van der Waals surface area contributed by atoms with Crippen molar-refractivity contribution in [3.63, 3.8) is 0 Å². The average molecular weight is 384 g/mol. The first kappa shape index (κ1) is 21.0. The molecule has 0 aromatic heterocycles. The van der Waals surface area contributed by atoms with Crippen LogP contribution in [0.1, 0.15) is 23.2 Å². The number of ether oxygens (including phenoxy) is 1. The molecule has 0 atom stereocenters. The van der Waals surface area contributed by atoms with Crippen molar-refractivity contribution >= 4 is 24.0 Å². The van der Waals surface area contributed by atoms with Crippen LogP contribution in [0.2, 0.25) is 0 Å². The number of piperidine rings is 1. The Labute approximate surface area is 147 Å². The molecule has 1 aromatic rings. The van der Waals surface area contributed by atoms with Gasteiger partial charge in [-0.1, -0.05) is 0 Å². The van der Waals surface area contributed by atoms with Crippen molar-refractivity contribution in [1.82, 2.24) is 4.90 Å². The zero-order valence-corrected chi connectivity index (χ0v) is 13.8. The molecule has 25 heavy (non-hydrogen) atoms. The number of rotatable bonds is 4. The Morgan fingerprint density at radius 2 is 1.96 bits per heavy atom. The molecular formula is C14H17ClF3N3O4. The fourth-order valence-corrected chi connectivity index (χ4v) is 2.37. The van der Waals surface area contributed by atoms with Gasteiger partial charge in [-0.05, 0) is 25.0 Å². The van der Waals surface area contributed by atoms with E-state index in [1.165, 1.54) is 4.90 Å². The van der Waals surface area contributed by atoms with E-state index in [1.807, 2.05) is 0 Å². The van der Waals surface area contributed by atoms with Crippen LogP contribution in [0.3, 0.4) is 0 Å². The van der Waals surface area contributed by atoms with Gasteiger partial charge in [-0.25, -0.2) is 0 Å². The molecule has 7 nitrogen and oxygen atoms in total. The summed E-state index contributed by atoms with van der Waals surface area (Å²) in [6, 6.07) is 2.94. The second-order valence-electron chi connectivity index (χ2n) is 5.47. The van der Waals surface area contributed by atoms with Gasteiger partial charge in [0.15, 0.2) is 6.61 Å². The van der Waals surface area contributed by atoms with Crippen molar-refractivity contribution < 1.29 is 27.6 Å². The van der Waals surface area contributed by atoms with Gasteiger partial charge in [-0.15, -0.1) is 12.4 Å². The summed E-state index contributed by atoms with van der Waals surface area (Å²) in [6.45, 7) is -0.868. The molecule has 140 valence electrons. The molecule has 1 saturated heterocycles. The second kappa shape index (κ2) is 8.34. The Hall–Kier alpha value is -2.07. The Morgan fingerprint density at radius 3 is 2.48 bits per heavy atom. The SMILES string of the molecule is Cl.NC1CCN(C(=O)c2cc(OCC(F)(F)F)ccc2[N+](=O)[O-])CC1. The van der Waals surface area contributed by atoms with E-state index in [-0.39, 0.29) is 29.8 Å². The molecule has 1 aromatic carbocycles. The Kier molecular flexibility index (Phi) is 7.00. The van der Waals surface area contributed by atoms with Gasteiger partial charge in [0, 0.05) is 25.2 Å². The lowest BCUT2D eigenvalue weighted by Gasteiger charge is -2.30. The maximum Gasteiger partial charge on any atom is 0.422 e. The lowest BCUT2D eigenvalue weighted by atomic mass is 10.0. The standard InChI is InChI=1S/C14H16F3N3O4.ClH/c15-14(16,17)8-24-10-1-2-12(20(22)23)11(7-10)13(21)19-5-3-9(18)4-6-19;/h1-2,7,9H,3-6,8,18H2;1H. The first-order valence-electron chi connectivity index (χ1n) is 7.20. The van der Waals surface area contributed by atoms with Crippen molar-refractivity contribution in [3.05, 3.63) is 33.9 Å². The van der Waals surface area contributed by atoms with Crippen molar-refractivity contribution in [2.75, 3.05) is 19.7 Å². The number of amides is 1. The number of halogens is 4. The number of hydrogen-bond acceptors (Lipinski definition) is 5. The molecule has 0 bridgehead atoms. The monoisotopic (exact) mass is 383 g/mol. The fourth-order valence-electron chi connectivity index (χ4n) is 2.37. The summed E-state index contributed by atoms with van der Waals surface area (Å²) >= 11 is 0. The first-order chi connectivity index (χ1) is 11.2. The maximum absolute atomic E-state index is 12.5. The molecule has 1 amide bonds. The van der Waals surface area contributed by atoms with Crippen LogP contribution < -0.4 is 10.5 Å². The van der Waals surface area contributed by atoms with Crippen LogP contribution >= 0.6 is 12.4 Å². The Balaban J connectivity index is 0.00000312. The van der Waals surface area contributed by atoms with Gasteiger partial charge in [0.05, 0.1) is 4.92 Å². The van der Waals surface area contributed by atoms with E-state index in [0.717, 1.165) is 18.2 Å². The number of hydrogen-bond donors (Lipinski definition) is 1. The molecule has 2 rings (SSSR count). The van der Waals surface area contributed by atoms with Crippen molar-refractivity contribution in [3.8, 4) is 5.75 Å². The number of carbonyl (C=O) groups excluding carboxylic acids is 1. The normalized spacial score (nSPS) is 15.4. The summed E-state index contributed by atoms with van der Waals surface area (Å²) in [6.07, 6.45) is -3.43. The highest BCUT2D eigenvalue weighted by Crippen LogP contribution is 2.27. The zero-order valence-electron chi connectivity index (χ0n) is 13.0. The highest BCUT2D eigenvalue weighted by atomic mass is 35.5. The van der Waals surface area contributed by atoms with Gasteiger partial charge >= 0.3 is 6.18 Å². The molecular weight excluding hydrogens is 367 g/mol. The Bertz CT molecular complexity index is 634. The molecule has 2 N–H and O–H groups in total. The molecule has 1 fully saturated rings. The summed E-state index contributed by atoms with van der Waals surface area (Å²) in [5.41, 5.74) is 4.97. The molecule has 0 saturated carbocycles. The van der Waals surface area contributed by atoms with Gasteiger partial charge in [0.2, 0.25) is 0 Å². The van der Waals surface area contributed by atoms with Gasteiger partial charge in [-0.3, -0.25) is 14.9 Å². The van der Waals surface area contributed by atoms with Crippen molar-refractivity contribution in [2.45, 2.75) is 25.1 Å². The lowest BCUT2D eigenvalue weighted by Crippen LogP contribution is -2.43. The third-order valence-corrected chi connectivity index (χ3v) is 3.62. The fraction of sp³-hybridized carbons (Fsp3) is 0.500. The van der Waals surface area contributed by atoms with Crippen LogP contribution in [0, 0.1) is 10.1 Å². The smallest absolute Gasteiger partial charge is 0.422 e. The number of nitro groups is 1. The largest absolute Gasteiger partial charge is 0.484 e. The lowest BCUT2D eigenvalue weighted by molar-refractivity contribution is -0.385. The highest BCUT2D eigenvalue weighted by molar-refractivity contribution is 5.98. The molecule has 0 radical (unpaired) electrons. The van der Waals surface area contributed by atoms with Crippen molar-refractivity contribution in [1.29, 1.82) is 0 Å². The van der Waals surface area contributed by atoms with E-state index in [4.69, 9.17) is 5.73 Å². The summed E-state index contributed by atoms with van der Waals surface area (Å²) in [5, 5.41) is 11.1. The number of nitrogens with two attached hydrogens (primary N) is 1. The molecule has 1 heterocycles. The first-order valence-corrected chi connectivity index (χ1v) is 7.20. The second-order valence-corrected chi connectivity index (χ2v) is 5.47. The molecule has 11 heteroatoms. The summed E-state index contributed by atoms with van der Waals surface area (Å²) in [7, 11) is 0. The third-order valence-electron chi connectivity index (χ3n) is 3.62. The highest BCUT2D eigenvalue weighted by Gasteiger charge is 2.30. The minimum atomic E-state index is -4.55. The van der Waals surface area contributed by atoms with E-state index in [0.29, 0.717) is 25.9 Å². The van der Waals surface area contributed by atoms with E-state index in [2.05, 4.69) is 4.74 Å². The number of benzene rings is 1. The average Bonchev–Trinajstić information content (AvgIpc) is 2.52. The van der Waals surface area contributed by atoms with E-state index in [9.17, 15) is 28.1 Å². The number of alkyl halides is 3. The van der Waals surface area contributed by atoms with Crippen molar-refractivity contribution in [2.24, 2.45) is 5.73 Å². The predicted molar refractivity (Wildman–Crippen MR) is 85.0 cm³/mol. The number of nitrogens with zero attached hydrogens (tertiary/aromatic N) is 2. The summed E-state index contributed by atoms with van der Waals surface area (Å²) in [5.74, 6) is -0.874. The van der Waals surface area contributed by atoms with Gasteiger partial charge in [0.25, 0.3) is 11.6 Å². The number of carbonyl (C=O) groups is 1. The molecule has 0 unspecified atom stereocenters. The van der Waals surface area contributed by atoms with Gasteiger partial charge < -0.3 is 15.4 Å². The predicted octanol–water partition coefficient (Wildman–Crippen LogP) is 2.52. The van der Waals surface area contributed by atoms with Crippen LogP contribution in [0.25, 0.3) is 0 Å².